The van der Waals surface area contributed by atoms with E-state index in [2.05, 4.69) is 0 Å². The van der Waals surface area contributed by atoms with E-state index in [1.54, 1.807) is 6.07 Å². The Kier molecular flexibility index (Phi) is 2.01. The SMILES string of the molecule is OC=Cc1ccc(O)c(O)c1. The van der Waals surface area contributed by atoms with Crippen LogP contribution in [0.1, 0.15) is 5.56 Å². The van der Waals surface area contributed by atoms with Gasteiger partial charge in [0.25, 0.3) is 0 Å². The molecule has 0 aromatic heterocycles. The Morgan fingerprint density at radius 3 is 2.36 bits per heavy atom. The Labute approximate surface area is 63.9 Å². The van der Waals surface area contributed by atoms with Gasteiger partial charge in [-0.1, -0.05) is 6.07 Å². The Hall–Kier alpha value is -1.64. The van der Waals surface area contributed by atoms with Crippen molar-refractivity contribution in [3.8, 4) is 11.5 Å². The Balaban J connectivity index is 3.05. The van der Waals surface area contributed by atoms with E-state index in [1.807, 2.05) is 0 Å². The van der Waals surface area contributed by atoms with Crippen LogP contribution >= 0.6 is 0 Å². The predicted molar refractivity (Wildman–Crippen MR) is 41.4 cm³/mol. The van der Waals surface area contributed by atoms with Crippen molar-refractivity contribution in [3.63, 3.8) is 0 Å². The third-order valence-electron chi connectivity index (χ3n) is 1.27. The maximum absolute atomic E-state index is 8.96. The van der Waals surface area contributed by atoms with Gasteiger partial charge in [0.05, 0.1) is 6.26 Å². The van der Waals surface area contributed by atoms with Gasteiger partial charge in [0.15, 0.2) is 11.5 Å². The molecule has 11 heavy (non-hydrogen) atoms. The van der Waals surface area contributed by atoms with Gasteiger partial charge in [-0.05, 0) is 23.8 Å². The van der Waals surface area contributed by atoms with Crippen LogP contribution in [0.3, 0.4) is 0 Å². The molecule has 58 valence electrons. The monoisotopic (exact) mass is 152 g/mol. The normalized spacial score (nSPS) is 10.5. The van der Waals surface area contributed by atoms with Crippen LogP contribution in [0.2, 0.25) is 0 Å². The number of aromatic hydroxyl groups is 2. The molecule has 0 aliphatic carbocycles. The molecule has 0 spiro atoms. The molecule has 0 aliphatic rings. The molecule has 3 heteroatoms. The van der Waals surface area contributed by atoms with Crippen LogP contribution in [-0.2, 0) is 0 Å². The Bertz CT molecular complexity index is 279. The first-order chi connectivity index (χ1) is 5.24. The highest BCUT2D eigenvalue weighted by Gasteiger charge is 1.96. The van der Waals surface area contributed by atoms with E-state index >= 15 is 0 Å². The number of hydrogen-bond donors (Lipinski definition) is 3. The number of benzene rings is 1. The lowest BCUT2D eigenvalue weighted by atomic mass is 10.2. The zero-order valence-corrected chi connectivity index (χ0v) is 5.73. The summed E-state index contributed by atoms with van der Waals surface area (Å²) in [5.41, 5.74) is 0.628. The molecule has 0 amide bonds. The number of aliphatic hydroxyl groups is 1. The maximum Gasteiger partial charge on any atom is 0.157 e. The third-order valence-corrected chi connectivity index (χ3v) is 1.27. The summed E-state index contributed by atoms with van der Waals surface area (Å²) in [4.78, 5) is 0. The first kappa shape index (κ1) is 7.47. The fourth-order valence-electron chi connectivity index (χ4n) is 0.730. The highest BCUT2D eigenvalue weighted by molar-refractivity contribution is 5.54. The lowest BCUT2D eigenvalue weighted by Gasteiger charge is -1.97. The van der Waals surface area contributed by atoms with Crippen LogP contribution in [0.15, 0.2) is 24.5 Å². The van der Waals surface area contributed by atoms with Crippen molar-refractivity contribution in [2.45, 2.75) is 0 Å². The molecule has 0 unspecified atom stereocenters. The second-order valence-corrected chi connectivity index (χ2v) is 2.06. The van der Waals surface area contributed by atoms with Crippen molar-refractivity contribution in [1.29, 1.82) is 0 Å². The van der Waals surface area contributed by atoms with Crippen molar-refractivity contribution in [2.75, 3.05) is 0 Å². The van der Waals surface area contributed by atoms with Crippen LogP contribution in [0.5, 0.6) is 11.5 Å². The first-order valence-corrected chi connectivity index (χ1v) is 3.07. The van der Waals surface area contributed by atoms with Crippen molar-refractivity contribution < 1.29 is 15.3 Å². The summed E-state index contributed by atoms with van der Waals surface area (Å²) in [6, 6.07) is 4.27. The molecule has 1 aromatic carbocycles. The van der Waals surface area contributed by atoms with E-state index in [4.69, 9.17) is 15.3 Å². The summed E-state index contributed by atoms with van der Waals surface area (Å²) in [6.07, 6.45) is 2.27. The minimum absolute atomic E-state index is 0.167. The Morgan fingerprint density at radius 2 is 1.82 bits per heavy atom. The van der Waals surface area contributed by atoms with Gasteiger partial charge >= 0.3 is 0 Å². The standard InChI is InChI=1S/C8H8O3/c9-4-3-6-1-2-7(10)8(11)5-6/h1-5,9-11H. The molecule has 1 rings (SSSR count). The van der Waals surface area contributed by atoms with Gasteiger partial charge in [0.1, 0.15) is 0 Å². The van der Waals surface area contributed by atoms with Gasteiger partial charge in [-0.3, -0.25) is 0 Å². The lowest BCUT2D eigenvalue weighted by molar-refractivity contribution is 0.403. The highest BCUT2D eigenvalue weighted by atomic mass is 16.3. The number of phenols is 2. The molecular formula is C8H8O3. The summed E-state index contributed by atoms with van der Waals surface area (Å²) >= 11 is 0. The molecule has 0 atom stereocenters. The molecule has 0 bridgehead atoms. The van der Waals surface area contributed by atoms with Gasteiger partial charge in [-0.25, -0.2) is 0 Å². The molecule has 3 N–H and O–H groups in total. The zero-order valence-electron chi connectivity index (χ0n) is 5.73. The lowest BCUT2D eigenvalue weighted by Crippen LogP contribution is -1.72. The molecule has 1 aromatic rings. The molecule has 0 radical (unpaired) electrons. The minimum Gasteiger partial charge on any atom is -0.516 e. The molecule has 3 nitrogen and oxygen atoms in total. The smallest absolute Gasteiger partial charge is 0.157 e. The summed E-state index contributed by atoms with van der Waals surface area (Å²) in [6.45, 7) is 0. The number of hydrogen-bond acceptors (Lipinski definition) is 3. The highest BCUT2D eigenvalue weighted by Crippen LogP contribution is 2.25. The summed E-state index contributed by atoms with van der Waals surface area (Å²) in [5, 5.41) is 26.2. The quantitative estimate of drug-likeness (QED) is 0.423. The van der Waals surface area contributed by atoms with Gasteiger partial charge in [-0.15, -0.1) is 0 Å². The van der Waals surface area contributed by atoms with E-state index in [-0.39, 0.29) is 11.5 Å². The van der Waals surface area contributed by atoms with Crippen molar-refractivity contribution in [1.82, 2.24) is 0 Å². The van der Waals surface area contributed by atoms with E-state index in [1.165, 1.54) is 18.2 Å². The fraction of sp³-hybridized carbons (Fsp3) is 0. The average Bonchev–Trinajstić information content (AvgIpc) is 1.98. The topological polar surface area (TPSA) is 60.7 Å². The molecular weight excluding hydrogens is 144 g/mol. The molecule has 0 heterocycles. The van der Waals surface area contributed by atoms with Gasteiger partial charge in [0, 0.05) is 0 Å². The third kappa shape index (κ3) is 1.64. The van der Waals surface area contributed by atoms with Crippen molar-refractivity contribution in [3.05, 3.63) is 30.0 Å². The predicted octanol–water partition coefficient (Wildman–Crippen LogP) is 1.63. The van der Waals surface area contributed by atoms with Crippen LogP contribution in [0.4, 0.5) is 0 Å². The minimum atomic E-state index is -0.194. The molecule has 0 saturated heterocycles. The molecule has 0 aliphatic heterocycles. The average molecular weight is 152 g/mol. The second-order valence-electron chi connectivity index (χ2n) is 2.06. The number of aliphatic hydroxyl groups excluding tert-OH is 1. The van der Waals surface area contributed by atoms with Gasteiger partial charge in [0.2, 0.25) is 0 Å². The second kappa shape index (κ2) is 2.96. The van der Waals surface area contributed by atoms with Crippen LogP contribution < -0.4 is 0 Å². The zero-order chi connectivity index (χ0) is 8.27. The van der Waals surface area contributed by atoms with E-state index in [9.17, 15) is 0 Å². The molecule has 0 fully saturated rings. The fourth-order valence-corrected chi connectivity index (χ4v) is 0.730. The summed E-state index contributed by atoms with van der Waals surface area (Å²) in [5.74, 6) is -0.360. The number of rotatable bonds is 1. The van der Waals surface area contributed by atoms with Crippen LogP contribution in [-0.4, -0.2) is 15.3 Å². The van der Waals surface area contributed by atoms with Gasteiger partial charge < -0.3 is 15.3 Å². The van der Waals surface area contributed by atoms with Crippen LogP contribution in [0.25, 0.3) is 6.08 Å². The number of phenolic OH excluding ortho intramolecular Hbond substituents is 2. The summed E-state index contributed by atoms with van der Waals surface area (Å²) < 4.78 is 0. The first-order valence-electron chi connectivity index (χ1n) is 3.07. The molecule has 0 saturated carbocycles. The summed E-state index contributed by atoms with van der Waals surface area (Å²) in [7, 11) is 0. The van der Waals surface area contributed by atoms with Crippen LogP contribution in [0, 0.1) is 0 Å². The maximum atomic E-state index is 8.96. The van der Waals surface area contributed by atoms with E-state index < -0.39 is 0 Å². The van der Waals surface area contributed by atoms with Crippen molar-refractivity contribution >= 4 is 6.08 Å². The Morgan fingerprint density at radius 1 is 1.09 bits per heavy atom. The van der Waals surface area contributed by atoms with E-state index in [0.717, 1.165) is 6.26 Å². The van der Waals surface area contributed by atoms with Gasteiger partial charge in [-0.2, -0.15) is 0 Å². The largest absolute Gasteiger partial charge is 0.516 e. The van der Waals surface area contributed by atoms with Crippen molar-refractivity contribution in [2.24, 2.45) is 0 Å². The van der Waals surface area contributed by atoms with E-state index in [0.29, 0.717) is 5.56 Å².